The van der Waals surface area contributed by atoms with Crippen molar-refractivity contribution in [3.05, 3.63) is 35.4 Å². The quantitative estimate of drug-likeness (QED) is 0.772. The van der Waals surface area contributed by atoms with Crippen molar-refractivity contribution in [1.29, 1.82) is 0 Å². The Balaban J connectivity index is 3.04. The molecule has 1 rings (SSSR count). The van der Waals surface area contributed by atoms with Gasteiger partial charge in [0.25, 0.3) is 0 Å². The van der Waals surface area contributed by atoms with Crippen LogP contribution in [-0.4, -0.2) is 10.9 Å². The van der Waals surface area contributed by atoms with E-state index >= 15 is 0 Å². The maximum Gasteiger partial charge on any atom is 0.159 e. The maximum atomic E-state index is 11.1. The first-order valence-corrected chi connectivity index (χ1v) is 5.19. The molecular weight excluding hydrogens is 188 g/mol. The van der Waals surface area contributed by atoms with Crippen LogP contribution in [0.3, 0.4) is 0 Å². The number of benzene rings is 1. The molecule has 1 aromatic carbocycles. The molecule has 0 saturated heterocycles. The third-order valence-electron chi connectivity index (χ3n) is 3.00. The Bertz CT molecular complexity index is 347. The highest BCUT2D eigenvalue weighted by Gasteiger charge is 2.26. The molecule has 0 aliphatic rings. The number of hydrogen-bond acceptors (Lipinski definition) is 2. The van der Waals surface area contributed by atoms with Gasteiger partial charge in [0.2, 0.25) is 0 Å². The van der Waals surface area contributed by atoms with Crippen molar-refractivity contribution in [2.24, 2.45) is 5.92 Å². The Labute approximate surface area is 90.9 Å². The molecule has 1 N–H and O–H groups in total. The van der Waals surface area contributed by atoms with Gasteiger partial charge >= 0.3 is 0 Å². The summed E-state index contributed by atoms with van der Waals surface area (Å²) in [6.45, 7) is 7.27. The lowest BCUT2D eigenvalue weighted by Gasteiger charge is -2.28. The zero-order valence-electron chi connectivity index (χ0n) is 9.74. The van der Waals surface area contributed by atoms with Crippen LogP contribution in [0.4, 0.5) is 0 Å². The average molecular weight is 206 g/mol. The van der Waals surface area contributed by atoms with Gasteiger partial charge < -0.3 is 5.11 Å². The van der Waals surface area contributed by atoms with E-state index in [1.807, 2.05) is 26.0 Å². The minimum Gasteiger partial charge on any atom is -0.385 e. The topological polar surface area (TPSA) is 37.3 Å². The first-order chi connectivity index (χ1) is 6.85. The van der Waals surface area contributed by atoms with Gasteiger partial charge in [0, 0.05) is 5.56 Å². The van der Waals surface area contributed by atoms with Crippen LogP contribution in [0.25, 0.3) is 0 Å². The fourth-order valence-electron chi connectivity index (χ4n) is 1.38. The first kappa shape index (κ1) is 11.9. The Hall–Kier alpha value is -1.15. The molecule has 0 aromatic heterocycles. The molecule has 0 radical (unpaired) electrons. The van der Waals surface area contributed by atoms with Gasteiger partial charge in [0.15, 0.2) is 5.78 Å². The summed E-state index contributed by atoms with van der Waals surface area (Å²) in [5.41, 5.74) is 0.691. The lowest BCUT2D eigenvalue weighted by atomic mass is 9.85. The second kappa shape index (κ2) is 4.15. The van der Waals surface area contributed by atoms with Gasteiger partial charge in [-0.2, -0.15) is 0 Å². The predicted octanol–water partition coefficient (Wildman–Crippen LogP) is 2.75. The summed E-state index contributed by atoms with van der Waals surface area (Å²) in [6, 6.07) is 7.15. The molecule has 82 valence electrons. The number of carbonyl (C=O) groups is 1. The Morgan fingerprint density at radius 1 is 1.27 bits per heavy atom. The van der Waals surface area contributed by atoms with E-state index in [1.54, 1.807) is 19.1 Å². The van der Waals surface area contributed by atoms with Gasteiger partial charge in [0.1, 0.15) is 0 Å². The Morgan fingerprint density at radius 3 is 2.07 bits per heavy atom. The van der Waals surface area contributed by atoms with Gasteiger partial charge in [0.05, 0.1) is 5.60 Å². The van der Waals surface area contributed by atoms with E-state index in [9.17, 15) is 9.90 Å². The van der Waals surface area contributed by atoms with E-state index in [-0.39, 0.29) is 11.7 Å². The van der Waals surface area contributed by atoms with Crippen molar-refractivity contribution in [3.63, 3.8) is 0 Å². The van der Waals surface area contributed by atoms with Gasteiger partial charge in [-0.3, -0.25) is 4.79 Å². The molecule has 0 aliphatic carbocycles. The average Bonchev–Trinajstić information content (AvgIpc) is 2.17. The predicted molar refractivity (Wildman–Crippen MR) is 60.9 cm³/mol. The zero-order valence-corrected chi connectivity index (χ0v) is 9.74. The normalized spacial score (nSPS) is 15.1. The van der Waals surface area contributed by atoms with Crippen molar-refractivity contribution in [2.75, 3.05) is 0 Å². The molecule has 1 unspecified atom stereocenters. The van der Waals surface area contributed by atoms with Crippen LogP contribution in [0, 0.1) is 5.92 Å². The number of Topliss-reactive ketones (excluding diaryl/α,β-unsaturated/α-hetero) is 1. The van der Waals surface area contributed by atoms with Crippen molar-refractivity contribution in [1.82, 2.24) is 0 Å². The minimum atomic E-state index is -0.838. The van der Waals surface area contributed by atoms with Crippen LogP contribution in [0.1, 0.15) is 43.6 Å². The monoisotopic (exact) mass is 206 g/mol. The summed E-state index contributed by atoms with van der Waals surface area (Å²) >= 11 is 0. The maximum absolute atomic E-state index is 11.1. The second-order valence-corrected chi connectivity index (χ2v) is 4.44. The van der Waals surface area contributed by atoms with Gasteiger partial charge in [-0.1, -0.05) is 38.1 Å². The summed E-state index contributed by atoms with van der Waals surface area (Å²) < 4.78 is 0. The van der Waals surface area contributed by atoms with Crippen LogP contribution in [-0.2, 0) is 5.60 Å². The van der Waals surface area contributed by atoms with Crippen LogP contribution < -0.4 is 0 Å². The molecule has 1 aromatic rings. The summed E-state index contributed by atoms with van der Waals surface area (Å²) in [5, 5.41) is 10.2. The standard InChI is InChI=1S/C13H18O2/c1-9(2)13(4,15)12-7-5-11(6-8-12)10(3)14/h5-9,15H,1-4H3. The molecule has 0 amide bonds. The highest BCUT2D eigenvalue weighted by Crippen LogP contribution is 2.28. The number of carbonyl (C=O) groups excluding carboxylic acids is 1. The van der Waals surface area contributed by atoms with E-state index in [2.05, 4.69) is 0 Å². The molecule has 15 heavy (non-hydrogen) atoms. The van der Waals surface area contributed by atoms with E-state index in [0.717, 1.165) is 5.56 Å². The summed E-state index contributed by atoms with van der Waals surface area (Å²) in [7, 11) is 0. The number of ketones is 1. The van der Waals surface area contributed by atoms with E-state index in [1.165, 1.54) is 6.92 Å². The highest BCUT2D eigenvalue weighted by molar-refractivity contribution is 5.94. The summed E-state index contributed by atoms with van der Waals surface area (Å²) in [4.78, 5) is 11.1. The summed E-state index contributed by atoms with van der Waals surface area (Å²) in [5.74, 6) is 0.186. The largest absolute Gasteiger partial charge is 0.385 e. The van der Waals surface area contributed by atoms with Crippen LogP contribution in [0.15, 0.2) is 24.3 Å². The molecule has 0 aliphatic heterocycles. The van der Waals surface area contributed by atoms with Gasteiger partial charge in [-0.25, -0.2) is 0 Å². The smallest absolute Gasteiger partial charge is 0.159 e. The van der Waals surface area contributed by atoms with Crippen LogP contribution >= 0.6 is 0 Å². The Kier molecular flexibility index (Phi) is 3.30. The molecule has 1 atom stereocenters. The number of hydrogen-bond donors (Lipinski definition) is 1. The molecular formula is C13H18O2. The summed E-state index contributed by atoms with van der Waals surface area (Å²) in [6.07, 6.45) is 0. The van der Waals surface area contributed by atoms with E-state index in [0.29, 0.717) is 5.56 Å². The SMILES string of the molecule is CC(=O)c1ccc(C(C)(O)C(C)C)cc1. The fraction of sp³-hybridized carbons (Fsp3) is 0.462. The van der Waals surface area contributed by atoms with Crippen LogP contribution in [0.2, 0.25) is 0 Å². The molecule has 2 nitrogen and oxygen atoms in total. The van der Waals surface area contributed by atoms with Gasteiger partial charge in [-0.15, -0.1) is 0 Å². The molecule has 0 bridgehead atoms. The third-order valence-corrected chi connectivity index (χ3v) is 3.00. The Morgan fingerprint density at radius 2 is 1.73 bits per heavy atom. The third kappa shape index (κ3) is 2.45. The molecule has 2 heteroatoms. The van der Waals surface area contributed by atoms with E-state index < -0.39 is 5.60 Å². The van der Waals surface area contributed by atoms with Crippen molar-refractivity contribution in [3.8, 4) is 0 Å². The molecule has 0 heterocycles. The van der Waals surface area contributed by atoms with Crippen molar-refractivity contribution >= 4 is 5.78 Å². The second-order valence-electron chi connectivity index (χ2n) is 4.44. The zero-order chi connectivity index (χ0) is 11.6. The first-order valence-electron chi connectivity index (χ1n) is 5.19. The number of rotatable bonds is 3. The lowest BCUT2D eigenvalue weighted by Crippen LogP contribution is -2.27. The lowest BCUT2D eigenvalue weighted by molar-refractivity contribution is 0.00903. The minimum absolute atomic E-state index is 0.0470. The van der Waals surface area contributed by atoms with Crippen molar-refractivity contribution in [2.45, 2.75) is 33.3 Å². The highest BCUT2D eigenvalue weighted by atomic mass is 16.3. The van der Waals surface area contributed by atoms with E-state index in [4.69, 9.17) is 0 Å². The molecule has 0 saturated carbocycles. The van der Waals surface area contributed by atoms with Crippen LogP contribution in [0.5, 0.6) is 0 Å². The molecule has 0 fully saturated rings. The fourth-order valence-corrected chi connectivity index (χ4v) is 1.38. The van der Waals surface area contributed by atoms with Crippen molar-refractivity contribution < 1.29 is 9.90 Å². The number of aliphatic hydroxyl groups is 1. The van der Waals surface area contributed by atoms with Gasteiger partial charge in [-0.05, 0) is 25.3 Å². The molecule has 0 spiro atoms.